The SMILES string of the molecule is Cc1sc2nc3n(c(=O)c2c1C)CCC3. The Hall–Kier alpha value is -1.16. The van der Waals surface area contributed by atoms with Gasteiger partial charge in [0.2, 0.25) is 0 Å². The Kier molecular flexibility index (Phi) is 1.77. The fraction of sp³-hybridized carbons (Fsp3) is 0.455. The third-order valence-corrected chi connectivity index (χ3v) is 4.25. The zero-order valence-electron chi connectivity index (χ0n) is 8.83. The number of fused-ring (bicyclic) bond motifs is 2. The molecule has 0 aromatic carbocycles. The van der Waals surface area contributed by atoms with Gasteiger partial charge in [0.25, 0.3) is 5.56 Å². The molecule has 0 saturated carbocycles. The van der Waals surface area contributed by atoms with Gasteiger partial charge in [-0.1, -0.05) is 0 Å². The summed E-state index contributed by atoms with van der Waals surface area (Å²) in [6.45, 7) is 4.90. The molecule has 0 unspecified atom stereocenters. The van der Waals surface area contributed by atoms with Crippen LogP contribution < -0.4 is 5.56 Å². The van der Waals surface area contributed by atoms with Crippen LogP contribution in [0.3, 0.4) is 0 Å². The summed E-state index contributed by atoms with van der Waals surface area (Å²) in [6.07, 6.45) is 2.00. The highest BCUT2D eigenvalue weighted by Gasteiger charge is 2.19. The number of hydrogen-bond acceptors (Lipinski definition) is 3. The van der Waals surface area contributed by atoms with Crippen LogP contribution in [0.5, 0.6) is 0 Å². The average molecular weight is 220 g/mol. The number of nitrogens with zero attached hydrogens (tertiary/aromatic N) is 2. The first-order chi connectivity index (χ1) is 7.18. The standard InChI is InChI=1S/C11H12N2OS/c1-6-7(2)15-10-9(6)11(14)13-5-3-4-8(13)12-10/h3-5H2,1-2H3. The van der Waals surface area contributed by atoms with Crippen LogP contribution in [-0.4, -0.2) is 9.55 Å². The normalized spacial score (nSPS) is 14.8. The second kappa shape index (κ2) is 2.92. The zero-order valence-corrected chi connectivity index (χ0v) is 9.65. The van der Waals surface area contributed by atoms with Gasteiger partial charge in [0.15, 0.2) is 0 Å². The molecule has 1 aliphatic heterocycles. The van der Waals surface area contributed by atoms with E-state index in [2.05, 4.69) is 11.9 Å². The second-order valence-corrected chi connectivity index (χ2v) is 5.25. The summed E-state index contributed by atoms with van der Waals surface area (Å²) in [5, 5.41) is 0.836. The van der Waals surface area contributed by atoms with Crippen molar-refractivity contribution in [2.45, 2.75) is 33.2 Å². The quantitative estimate of drug-likeness (QED) is 0.681. The molecule has 0 amide bonds. The van der Waals surface area contributed by atoms with Crippen molar-refractivity contribution >= 4 is 21.6 Å². The van der Waals surface area contributed by atoms with E-state index in [4.69, 9.17) is 0 Å². The minimum Gasteiger partial charge on any atom is -0.296 e. The van der Waals surface area contributed by atoms with Gasteiger partial charge in [-0.25, -0.2) is 4.98 Å². The topological polar surface area (TPSA) is 34.9 Å². The molecule has 3 rings (SSSR count). The molecule has 4 heteroatoms. The van der Waals surface area contributed by atoms with Crippen LogP contribution in [0.4, 0.5) is 0 Å². The van der Waals surface area contributed by atoms with Crippen molar-refractivity contribution < 1.29 is 0 Å². The maximum Gasteiger partial charge on any atom is 0.262 e. The van der Waals surface area contributed by atoms with Crippen LogP contribution in [-0.2, 0) is 13.0 Å². The molecule has 2 aromatic heterocycles. The fourth-order valence-electron chi connectivity index (χ4n) is 2.19. The van der Waals surface area contributed by atoms with E-state index in [1.54, 1.807) is 11.3 Å². The van der Waals surface area contributed by atoms with Crippen molar-refractivity contribution in [1.29, 1.82) is 0 Å². The fourth-order valence-corrected chi connectivity index (χ4v) is 3.22. The molecule has 0 atom stereocenters. The Bertz CT molecular complexity index is 609. The molecule has 78 valence electrons. The van der Waals surface area contributed by atoms with Gasteiger partial charge in [-0.3, -0.25) is 9.36 Å². The van der Waals surface area contributed by atoms with Crippen LogP contribution >= 0.6 is 11.3 Å². The Morgan fingerprint density at radius 1 is 1.40 bits per heavy atom. The van der Waals surface area contributed by atoms with Gasteiger partial charge in [-0.05, 0) is 25.8 Å². The first-order valence-electron chi connectivity index (χ1n) is 5.18. The molecule has 0 N–H and O–H groups in total. The molecule has 1 aliphatic rings. The summed E-state index contributed by atoms with van der Waals surface area (Å²) < 4.78 is 1.83. The van der Waals surface area contributed by atoms with Gasteiger partial charge in [-0.2, -0.15) is 0 Å². The lowest BCUT2D eigenvalue weighted by Crippen LogP contribution is -2.20. The monoisotopic (exact) mass is 220 g/mol. The number of rotatable bonds is 0. The lowest BCUT2D eigenvalue weighted by Gasteiger charge is -2.01. The van der Waals surface area contributed by atoms with Crippen LogP contribution in [0.1, 0.15) is 22.7 Å². The molecule has 0 radical (unpaired) electrons. The molecule has 2 aromatic rings. The lowest BCUT2D eigenvalue weighted by molar-refractivity contribution is 0.719. The minimum atomic E-state index is 0.161. The third-order valence-electron chi connectivity index (χ3n) is 3.15. The van der Waals surface area contributed by atoms with Crippen LogP contribution in [0, 0.1) is 13.8 Å². The van der Waals surface area contributed by atoms with Gasteiger partial charge >= 0.3 is 0 Å². The number of aryl methyl sites for hydroxylation is 3. The first-order valence-corrected chi connectivity index (χ1v) is 5.99. The third kappa shape index (κ3) is 1.11. The van der Waals surface area contributed by atoms with E-state index < -0.39 is 0 Å². The predicted molar refractivity (Wildman–Crippen MR) is 61.7 cm³/mol. The van der Waals surface area contributed by atoms with E-state index in [1.165, 1.54) is 4.88 Å². The highest BCUT2D eigenvalue weighted by atomic mass is 32.1. The van der Waals surface area contributed by atoms with Crippen molar-refractivity contribution in [2.24, 2.45) is 0 Å². The van der Waals surface area contributed by atoms with Crippen molar-refractivity contribution in [3.63, 3.8) is 0 Å². The molecule has 3 heterocycles. The van der Waals surface area contributed by atoms with Crippen LogP contribution in [0.2, 0.25) is 0 Å². The largest absolute Gasteiger partial charge is 0.296 e. The maximum atomic E-state index is 12.2. The molecule has 0 saturated heterocycles. The summed E-state index contributed by atoms with van der Waals surface area (Å²) in [7, 11) is 0. The number of aromatic nitrogens is 2. The van der Waals surface area contributed by atoms with E-state index in [0.717, 1.165) is 41.0 Å². The van der Waals surface area contributed by atoms with Crippen molar-refractivity contribution in [3.05, 3.63) is 26.6 Å². The van der Waals surface area contributed by atoms with Crippen molar-refractivity contribution in [2.75, 3.05) is 0 Å². The minimum absolute atomic E-state index is 0.161. The van der Waals surface area contributed by atoms with E-state index in [9.17, 15) is 4.79 Å². The van der Waals surface area contributed by atoms with E-state index >= 15 is 0 Å². The van der Waals surface area contributed by atoms with Crippen LogP contribution in [0.25, 0.3) is 10.2 Å². The second-order valence-electron chi connectivity index (χ2n) is 4.05. The van der Waals surface area contributed by atoms with E-state index in [1.807, 2.05) is 11.5 Å². The van der Waals surface area contributed by atoms with Gasteiger partial charge in [0, 0.05) is 17.8 Å². The molecular weight excluding hydrogens is 208 g/mol. The number of hydrogen-bond donors (Lipinski definition) is 0. The summed E-state index contributed by atoms with van der Waals surface area (Å²) in [6, 6.07) is 0. The van der Waals surface area contributed by atoms with Crippen molar-refractivity contribution in [3.8, 4) is 0 Å². The van der Waals surface area contributed by atoms with Crippen molar-refractivity contribution in [1.82, 2.24) is 9.55 Å². The van der Waals surface area contributed by atoms with E-state index in [0.29, 0.717) is 0 Å². The molecular formula is C11H12N2OS. The first kappa shape index (κ1) is 9.09. The molecule has 3 nitrogen and oxygen atoms in total. The molecule has 15 heavy (non-hydrogen) atoms. The molecule has 0 aliphatic carbocycles. The Labute approximate surface area is 91.4 Å². The van der Waals surface area contributed by atoms with Crippen LogP contribution in [0.15, 0.2) is 4.79 Å². The summed E-state index contributed by atoms with van der Waals surface area (Å²) in [5.41, 5.74) is 1.27. The summed E-state index contributed by atoms with van der Waals surface area (Å²) >= 11 is 1.63. The van der Waals surface area contributed by atoms with Gasteiger partial charge in [-0.15, -0.1) is 11.3 Å². The van der Waals surface area contributed by atoms with Gasteiger partial charge in [0.1, 0.15) is 10.7 Å². The average Bonchev–Trinajstić information content (AvgIpc) is 2.74. The smallest absolute Gasteiger partial charge is 0.262 e. The van der Waals surface area contributed by atoms with E-state index in [-0.39, 0.29) is 5.56 Å². The summed E-state index contributed by atoms with van der Waals surface area (Å²) in [4.78, 5) is 18.9. The van der Waals surface area contributed by atoms with Gasteiger partial charge in [0.05, 0.1) is 5.39 Å². The molecule has 0 spiro atoms. The van der Waals surface area contributed by atoms with Gasteiger partial charge < -0.3 is 0 Å². The zero-order chi connectivity index (χ0) is 10.6. The predicted octanol–water partition coefficient (Wildman–Crippen LogP) is 2.02. The molecule has 0 fully saturated rings. The Morgan fingerprint density at radius 3 is 3.00 bits per heavy atom. The number of thiophene rings is 1. The highest BCUT2D eigenvalue weighted by molar-refractivity contribution is 7.18. The summed E-state index contributed by atoms with van der Waals surface area (Å²) in [5.74, 6) is 0.966. The Morgan fingerprint density at radius 2 is 2.20 bits per heavy atom. The Balaban J connectivity index is 2.52. The lowest BCUT2D eigenvalue weighted by atomic mass is 10.2. The highest BCUT2D eigenvalue weighted by Crippen LogP contribution is 2.27. The molecule has 0 bridgehead atoms. The maximum absolute atomic E-state index is 12.2.